The van der Waals surface area contributed by atoms with Crippen molar-refractivity contribution in [3.8, 4) is 5.75 Å². The number of anilines is 1. The molecule has 3 rings (SSSR count). The van der Waals surface area contributed by atoms with E-state index in [0.29, 0.717) is 28.9 Å². The van der Waals surface area contributed by atoms with Crippen LogP contribution in [-0.4, -0.2) is 60.2 Å². The fourth-order valence-electron chi connectivity index (χ4n) is 2.78. The van der Waals surface area contributed by atoms with E-state index < -0.39 is 0 Å². The van der Waals surface area contributed by atoms with Gasteiger partial charge in [0.15, 0.2) is 0 Å². The Balaban J connectivity index is 0.00000261. The van der Waals surface area contributed by atoms with E-state index in [1.807, 2.05) is 0 Å². The standard InChI is InChI=1S/C18H23N5O3.K/c1-2-17(24)22-15-10-13-14(20-12-21-18(13)19)11-16(15)26-7-3-4-23-5-8-25-9-6-23;/h2,10-12H,1,3-9H2,(H3,19,20,21,22,24);/q;+1/p-1. The molecule has 1 aliphatic heterocycles. The number of morpholine rings is 1. The summed E-state index contributed by atoms with van der Waals surface area (Å²) < 4.78 is 11.2. The first-order valence-corrected chi connectivity index (χ1v) is 8.54. The van der Waals surface area contributed by atoms with Crippen LogP contribution in [0.15, 0.2) is 31.1 Å². The first-order valence-electron chi connectivity index (χ1n) is 8.54. The van der Waals surface area contributed by atoms with Crippen LogP contribution >= 0.6 is 0 Å². The Bertz CT molecular complexity index is 796. The van der Waals surface area contributed by atoms with Crippen molar-refractivity contribution in [1.29, 1.82) is 0 Å². The van der Waals surface area contributed by atoms with Gasteiger partial charge in [0.1, 0.15) is 5.75 Å². The van der Waals surface area contributed by atoms with Crippen molar-refractivity contribution < 1.29 is 65.7 Å². The third-order valence-electron chi connectivity index (χ3n) is 4.16. The second kappa shape index (κ2) is 11.1. The molecule has 1 aromatic heterocycles. The van der Waals surface area contributed by atoms with Gasteiger partial charge in [0.25, 0.3) is 0 Å². The number of rotatable bonds is 7. The summed E-state index contributed by atoms with van der Waals surface area (Å²) in [4.78, 5) is 22.1. The summed E-state index contributed by atoms with van der Waals surface area (Å²) in [7, 11) is 0. The number of carbonyl (C=O) groups is 1. The summed E-state index contributed by atoms with van der Waals surface area (Å²) in [5.41, 5.74) is 8.98. The van der Waals surface area contributed by atoms with E-state index >= 15 is 0 Å². The van der Waals surface area contributed by atoms with Crippen LogP contribution in [0.3, 0.4) is 0 Å². The molecule has 0 radical (unpaired) electrons. The van der Waals surface area contributed by atoms with Crippen LogP contribution in [0.1, 0.15) is 6.42 Å². The molecule has 0 spiro atoms. The minimum Gasteiger partial charge on any atom is -0.491 e. The van der Waals surface area contributed by atoms with Gasteiger partial charge in [-0.1, -0.05) is 12.4 Å². The van der Waals surface area contributed by atoms with Gasteiger partial charge < -0.3 is 25.5 Å². The first kappa shape index (κ1) is 22.2. The molecular formula is C18H22KN5O3. The largest absolute Gasteiger partial charge is 1.00 e. The molecule has 2 N–H and O–H groups in total. The van der Waals surface area contributed by atoms with E-state index in [0.717, 1.165) is 39.3 Å². The number of nitrogens with zero attached hydrogens (tertiary/aromatic N) is 3. The van der Waals surface area contributed by atoms with Crippen molar-refractivity contribution in [3.63, 3.8) is 0 Å². The number of ether oxygens (including phenoxy) is 2. The number of carbonyl (C=O) groups excluding carboxylic acids is 1. The van der Waals surface area contributed by atoms with Gasteiger partial charge >= 0.3 is 51.4 Å². The Morgan fingerprint density at radius 2 is 2.15 bits per heavy atom. The predicted molar refractivity (Wildman–Crippen MR) is 99.7 cm³/mol. The van der Waals surface area contributed by atoms with Crippen molar-refractivity contribution in [1.82, 2.24) is 14.9 Å². The quantitative estimate of drug-likeness (QED) is 0.387. The van der Waals surface area contributed by atoms with Gasteiger partial charge in [0.05, 0.1) is 31.0 Å². The molecule has 0 saturated carbocycles. The second-order valence-corrected chi connectivity index (χ2v) is 5.94. The second-order valence-electron chi connectivity index (χ2n) is 5.94. The zero-order valence-corrected chi connectivity index (χ0v) is 18.7. The van der Waals surface area contributed by atoms with Gasteiger partial charge in [-0.15, -0.1) is 0 Å². The average Bonchev–Trinajstić information content (AvgIpc) is 2.67. The summed E-state index contributed by atoms with van der Waals surface area (Å²) in [6.07, 6.45) is 3.39. The molecule has 8 nitrogen and oxygen atoms in total. The summed E-state index contributed by atoms with van der Waals surface area (Å²) in [6.45, 7) is 8.35. The number of fused-ring (bicyclic) bond motifs is 1. The Morgan fingerprint density at radius 1 is 1.37 bits per heavy atom. The molecule has 1 saturated heterocycles. The fraction of sp³-hybridized carbons (Fsp3) is 0.389. The van der Waals surface area contributed by atoms with Crippen LogP contribution in [0.25, 0.3) is 16.6 Å². The molecule has 1 aliphatic rings. The first-order chi connectivity index (χ1) is 12.7. The number of benzene rings is 1. The molecule has 27 heavy (non-hydrogen) atoms. The normalized spacial score (nSPS) is 14.4. The minimum absolute atomic E-state index is 0. The average molecular weight is 396 g/mol. The summed E-state index contributed by atoms with van der Waals surface area (Å²) in [5, 5.41) is 3.27. The number of hydrogen-bond donors (Lipinski definition) is 1. The molecule has 2 aromatic rings. The molecule has 0 unspecified atom stereocenters. The van der Waals surface area contributed by atoms with Crippen LogP contribution < -0.4 is 61.4 Å². The molecule has 2 heterocycles. The molecule has 0 bridgehead atoms. The maximum Gasteiger partial charge on any atom is 1.00 e. The molecule has 9 heteroatoms. The van der Waals surface area contributed by atoms with Gasteiger partial charge in [-0.25, -0.2) is 0 Å². The van der Waals surface area contributed by atoms with Crippen LogP contribution in [-0.2, 0) is 9.53 Å². The van der Waals surface area contributed by atoms with Crippen molar-refractivity contribution in [2.75, 3.05) is 44.8 Å². The van der Waals surface area contributed by atoms with E-state index in [9.17, 15) is 4.79 Å². The number of aromatic nitrogens is 2. The Hall–Kier alpha value is -1.07. The Kier molecular flexibility index (Phi) is 9.10. The van der Waals surface area contributed by atoms with E-state index in [1.165, 1.54) is 12.4 Å². The van der Waals surface area contributed by atoms with Crippen molar-refractivity contribution in [2.24, 2.45) is 0 Å². The monoisotopic (exact) mass is 395 g/mol. The van der Waals surface area contributed by atoms with Gasteiger partial charge in [-0.3, -0.25) is 14.7 Å². The number of nitrogens with one attached hydrogen (secondary N) is 2. The van der Waals surface area contributed by atoms with Gasteiger partial charge in [0.2, 0.25) is 5.91 Å². The molecule has 0 atom stereocenters. The maximum absolute atomic E-state index is 11.7. The zero-order valence-electron chi connectivity index (χ0n) is 15.5. The SMILES string of the molecule is C=CC(=O)Nc1cc2c([NH-])ncnc2cc1OCCCN1CCOCC1.[K+]. The smallest absolute Gasteiger partial charge is 0.491 e. The van der Waals surface area contributed by atoms with E-state index in [2.05, 4.69) is 26.8 Å². The molecule has 1 aromatic carbocycles. The van der Waals surface area contributed by atoms with Crippen LogP contribution in [0, 0.1) is 0 Å². The summed E-state index contributed by atoms with van der Waals surface area (Å²) in [5.74, 6) is 0.279. The van der Waals surface area contributed by atoms with Crippen LogP contribution in [0.5, 0.6) is 5.75 Å². The zero-order chi connectivity index (χ0) is 18.4. The topological polar surface area (TPSA) is 100 Å². The predicted octanol–water partition coefficient (Wildman–Crippen LogP) is -0.457. The number of amides is 1. The van der Waals surface area contributed by atoms with Crippen molar-refractivity contribution >= 4 is 28.3 Å². The minimum atomic E-state index is -0.342. The maximum atomic E-state index is 11.7. The fourth-order valence-corrected chi connectivity index (χ4v) is 2.78. The third kappa shape index (κ3) is 6.21. The number of hydrogen-bond acceptors (Lipinski definition) is 6. The van der Waals surface area contributed by atoms with Crippen LogP contribution in [0.2, 0.25) is 0 Å². The Labute approximate surface area is 200 Å². The molecular weight excluding hydrogens is 373 g/mol. The molecule has 1 fully saturated rings. The summed E-state index contributed by atoms with van der Waals surface area (Å²) >= 11 is 0. The van der Waals surface area contributed by atoms with Crippen molar-refractivity contribution in [3.05, 3.63) is 36.8 Å². The molecule has 1 amide bonds. The molecule has 0 aliphatic carbocycles. The van der Waals surface area contributed by atoms with Gasteiger partial charge in [0, 0.05) is 37.4 Å². The van der Waals surface area contributed by atoms with Crippen LogP contribution in [0.4, 0.5) is 11.5 Å². The summed E-state index contributed by atoms with van der Waals surface area (Å²) in [6, 6.07) is 3.39. The Morgan fingerprint density at radius 3 is 2.89 bits per heavy atom. The van der Waals surface area contributed by atoms with Gasteiger partial charge in [-0.2, -0.15) is 0 Å². The van der Waals surface area contributed by atoms with E-state index in [4.69, 9.17) is 15.2 Å². The third-order valence-corrected chi connectivity index (χ3v) is 4.16. The molecule has 138 valence electrons. The van der Waals surface area contributed by atoms with E-state index in [-0.39, 0.29) is 63.1 Å². The van der Waals surface area contributed by atoms with E-state index in [1.54, 1.807) is 12.1 Å². The van der Waals surface area contributed by atoms with Gasteiger partial charge in [-0.05, 0) is 18.6 Å². The van der Waals surface area contributed by atoms with Crippen molar-refractivity contribution in [2.45, 2.75) is 6.42 Å².